The van der Waals surface area contributed by atoms with Crippen molar-refractivity contribution in [2.75, 3.05) is 23.8 Å². The van der Waals surface area contributed by atoms with Crippen molar-refractivity contribution in [3.63, 3.8) is 0 Å². The minimum atomic E-state index is -0.956. The lowest BCUT2D eigenvalue weighted by molar-refractivity contribution is 0.0511. The summed E-state index contributed by atoms with van der Waals surface area (Å²) in [5.74, 6) is -1.73. The monoisotopic (exact) mass is 695 g/mol. The van der Waals surface area contributed by atoms with Crippen LogP contribution in [0.3, 0.4) is 0 Å². The predicted molar refractivity (Wildman–Crippen MR) is 184 cm³/mol. The molecule has 5 rings (SSSR count). The van der Waals surface area contributed by atoms with Gasteiger partial charge in [-0.25, -0.2) is 14.4 Å². The molecule has 252 valence electrons. The summed E-state index contributed by atoms with van der Waals surface area (Å²) in [6.45, 7) is 5.39. The maximum absolute atomic E-state index is 11.5. The number of hydrogen-bond acceptors (Lipinski definition) is 8. The van der Waals surface area contributed by atoms with Gasteiger partial charge in [0.15, 0.2) is 6.29 Å². The van der Waals surface area contributed by atoms with Crippen molar-refractivity contribution in [1.82, 2.24) is 15.0 Å². The fourth-order valence-corrected chi connectivity index (χ4v) is 4.13. The fraction of sp³-hybridized carbons (Fsp3) is 0.176. The molecule has 0 fully saturated rings. The average molecular weight is 697 g/mol. The number of aromatic carboxylic acids is 1. The lowest BCUT2D eigenvalue weighted by Crippen LogP contribution is -2.04. The van der Waals surface area contributed by atoms with Crippen LogP contribution in [0.25, 0.3) is 0 Å². The number of carboxylic acid groups (broad SMARTS) is 1. The van der Waals surface area contributed by atoms with Gasteiger partial charge in [0, 0.05) is 58.7 Å². The molecule has 0 saturated heterocycles. The predicted octanol–water partition coefficient (Wildman–Crippen LogP) is 7.44. The average Bonchev–Trinajstić information content (AvgIpc) is 3.87. The SMILES string of the molecule is CCOC(=O)c1cc(C=O)c[nH]1.CCOC(=O)c1cc(CNc2ccc(Cl)cc2)c[nH]1.O=C(O)c1cc(CNc2ccc(Cl)cc2)c[nH]1. The second-order valence-corrected chi connectivity index (χ2v) is 10.6. The Morgan fingerprint density at radius 3 is 1.50 bits per heavy atom. The van der Waals surface area contributed by atoms with Crippen LogP contribution in [-0.4, -0.2) is 57.5 Å². The van der Waals surface area contributed by atoms with Crippen LogP contribution in [0.4, 0.5) is 11.4 Å². The normalized spacial score (nSPS) is 10.0. The van der Waals surface area contributed by atoms with Gasteiger partial charge in [0.25, 0.3) is 0 Å². The molecular formula is C34H35Cl2N5O7. The number of carbonyl (C=O) groups is 4. The summed E-state index contributed by atoms with van der Waals surface area (Å²) in [5.41, 5.74) is 5.19. The third-order valence-electron chi connectivity index (χ3n) is 6.23. The van der Waals surface area contributed by atoms with Crippen LogP contribution in [0.5, 0.6) is 0 Å². The van der Waals surface area contributed by atoms with Crippen LogP contribution < -0.4 is 10.6 Å². The Balaban J connectivity index is 0.000000200. The van der Waals surface area contributed by atoms with Crippen molar-refractivity contribution in [3.05, 3.63) is 129 Å². The van der Waals surface area contributed by atoms with E-state index in [1.807, 2.05) is 36.4 Å². The van der Waals surface area contributed by atoms with E-state index in [1.54, 1.807) is 50.5 Å². The minimum Gasteiger partial charge on any atom is -0.477 e. The highest BCUT2D eigenvalue weighted by atomic mass is 35.5. The van der Waals surface area contributed by atoms with Crippen LogP contribution >= 0.6 is 23.2 Å². The number of benzene rings is 2. The molecule has 14 heteroatoms. The molecule has 12 nitrogen and oxygen atoms in total. The molecule has 0 aliphatic heterocycles. The van der Waals surface area contributed by atoms with Gasteiger partial charge in [-0.15, -0.1) is 0 Å². The number of aromatic amines is 3. The van der Waals surface area contributed by atoms with E-state index in [0.717, 1.165) is 22.5 Å². The standard InChI is InChI=1S/C14H15ClN2O2.C12H11ClN2O2.C8H9NO3/c1-2-19-14(18)13-7-10(9-17-13)8-16-12-5-3-11(15)4-6-12;13-9-1-3-10(4-2-9)14-6-8-5-11(12(16)17)15-7-8;1-2-12-8(11)7-3-6(5-10)4-9-7/h3-7,9,16-17H,2,8H2,1H3;1-5,7,14-15H,6H2,(H,16,17);3-5,9H,2H2,1H3. The molecule has 0 aliphatic carbocycles. The number of hydrogen-bond donors (Lipinski definition) is 6. The summed E-state index contributed by atoms with van der Waals surface area (Å²) < 4.78 is 9.61. The molecule has 48 heavy (non-hydrogen) atoms. The van der Waals surface area contributed by atoms with E-state index < -0.39 is 11.9 Å². The fourth-order valence-electron chi connectivity index (χ4n) is 3.88. The second kappa shape index (κ2) is 19.3. The van der Waals surface area contributed by atoms with E-state index in [2.05, 4.69) is 25.6 Å². The van der Waals surface area contributed by atoms with E-state index in [0.29, 0.717) is 59.6 Å². The number of carboxylic acids is 1. The third-order valence-corrected chi connectivity index (χ3v) is 6.73. The first-order valence-electron chi connectivity index (χ1n) is 14.7. The van der Waals surface area contributed by atoms with E-state index >= 15 is 0 Å². The Labute approximate surface area is 286 Å². The number of H-pyrrole nitrogens is 3. The zero-order valence-corrected chi connectivity index (χ0v) is 27.7. The maximum Gasteiger partial charge on any atom is 0.354 e. The first-order valence-corrected chi connectivity index (χ1v) is 15.4. The molecule has 5 aromatic rings. The van der Waals surface area contributed by atoms with Crippen molar-refractivity contribution in [2.24, 2.45) is 0 Å². The quantitative estimate of drug-likeness (QED) is 0.0571. The molecule has 0 radical (unpaired) electrons. The number of anilines is 2. The van der Waals surface area contributed by atoms with Crippen LogP contribution in [0, 0.1) is 0 Å². The molecule has 2 aromatic carbocycles. The van der Waals surface area contributed by atoms with E-state index in [-0.39, 0.29) is 11.7 Å². The van der Waals surface area contributed by atoms with Gasteiger partial charge >= 0.3 is 17.9 Å². The summed E-state index contributed by atoms with van der Waals surface area (Å²) in [6, 6.07) is 19.6. The minimum absolute atomic E-state index is 0.193. The van der Waals surface area contributed by atoms with E-state index in [9.17, 15) is 19.2 Å². The molecule has 0 amide bonds. The first kappa shape index (κ1) is 37.0. The summed E-state index contributed by atoms with van der Waals surface area (Å²) in [4.78, 5) is 51.6. The first-order chi connectivity index (χ1) is 23.1. The summed E-state index contributed by atoms with van der Waals surface area (Å²) in [7, 11) is 0. The molecule has 0 bridgehead atoms. The second-order valence-electron chi connectivity index (χ2n) is 9.77. The number of carbonyl (C=O) groups excluding carboxylic acids is 3. The maximum atomic E-state index is 11.5. The molecule has 6 N–H and O–H groups in total. The summed E-state index contributed by atoms with van der Waals surface area (Å²) in [6.07, 6.45) is 5.58. The smallest absolute Gasteiger partial charge is 0.354 e. The Hall–Kier alpha value is -5.46. The number of ether oxygens (including phenoxy) is 2. The zero-order chi connectivity index (χ0) is 34.9. The van der Waals surface area contributed by atoms with E-state index in [1.165, 1.54) is 12.3 Å². The summed E-state index contributed by atoms with van der Waals surface area (Å²) in [5, 5.41) is 16.5. The highest BCUT2D eigenvalue weighted by Gasteiger charge is 2.10. The van der Waals surface area contributed by atoms with Gasteiger partial charge in [-0.05, 0) is 91.7 Å². The van der Waals surface area contributed by atoms with Crippen LogP contribution in [0.2, 0.25) is 10.0 Å². The number of rotatable bonds is 12. The van der Waals surface area contributed by atoms with Gasteiger partial charge in [-0.2, -0.15) is 0 Å². The van der Waals surface area contributed by atoms with Gasteiger partial charge in [-0.3, -0.25) is 4.79 Å². The zero-order valence-electron chi connectivity index (χ0n) is 26.1. The Morgan fingerprint density at radius 2 is 1.10 bits per heavy atom. The lowest BCUT2D eigenvalue weighted by atomic mass is 10.2. The van der Waals surface area contributed by atoms with Gasteiger partial charge in [0.2, 0.25) is 0 Å². The molecule has 3 heterocycles. The van der Waals surface area contributed by atoms with Crippen molar-refractivity contribution in [3.8, 4) is 0 Å². The molecule has 0 atom stereocenters. The highest BCUT2D eigenvalue weighted by Crippen LogP contribution is 2.16. The summed E-state index contributed by atoms with van der Waals surface area (Å²) >= 11 is 11.6. The Kier molecular flexibility index (Phi) is 14.8. The van der Waals surface area contributed by atoms with Crippen molar-refractivity contribution < 1.29 is 33.8 Å². The van der Waals surface area contributed by atoms with Crippen LogP contribution in [0.15, 0.2) is 85.3 Å². The van der Waals surface area contributed by atoms with Gasteiger partial charge in [0.05, 0.1) is 13.2 Å². The molecular weight excluding hydrogens is 661 g/mol. The highest BCUT2D eigenvalue weighted by molar-refractivity contribution is 6.30. The van der Waals surface area contributed by atoms with E-state index in [4.69, 9.17) is 37.8 Å². The third kappa shape index (κ3) is 12.4. The number of halogens is 2. The lowest BCUT2D eigenvalue weighted by Gasteiger charge is -2.04. The Bertz CT molecular complexity index is 1760. The molecule has 0 aliphatic rings. The largest absolute Gasteiger partial charge is 0.477 e. The number of aldehydes is 1. The Morgan fingerprint density at radius 1 is 0.688 bits per heavy atom. The topological polar surface area (TPSA) is 178 Å². The molecule has 3 aromatic heterocycles. The number of esters is 2. The number of aromatic nitrogens is 3. The molecule has 0 spiro atoms. The van der Waals surface area contributed by atoms with Gasteiger partial charge < -0.3 is 40.2 Å². The van der Waals surface area contributed by atoms with Gasteiger partial charge in [-0.1, -0.05) is 23.2 Å². The number of nitrogens with one attached hydrogen (secondary N) is 5. The van der Waals surface area contributed by atoms with Crippen LogP contribution in [-0.2, 0) is 22.6 Å². The van der Waals surface area contributed by atoms with Gasteiger partial charge in [0.1, 0.15) is 17.1 Å². The van der Waals surface area contributed by atoms with Crippen molar-refractivity contribution in [2.45, 2.75) is 26.9 Å². The molecule has 0 unspecified atom stereocenters. The van der Waals surface area contributed by atoms with Crippen molar-refractivity contribution >= 4 is 58.8 Å². The molecule has 0 saturated carbocycles. The van der Waals surface area contributed by atoms with Crippen molar-refractivity contribution in [1.29, 1.82) is 0 Å². The van der Waals surface area contributed by atoms with Crippen LogP contribution in [0.1, 0.15) is 66.8 Å².